The van der Waals surface area contributed by atoms with E-state index in [1.54, 1.807) is 17.1 Å². The predicted molar refractivity (Wildman–Crippen MR) is 73.4 cm³/mol. The Hall–Kier alpha value is -2.01. The summed E-state index contributed by atoms with van der Waals surface area (Å²) in [5, 5.41) is 9.00. The zero-order valence-electron chi connectivity index (χ0n) is 11.1. The monoisotopic (exact) mass is 275 g/mol. The normalized spacial score (nSPS) is 16.6. The van der Waals surface area contributed by atoms with Crippen molar-refractivity contribution in [3.8, 4) is 11.5 Å². The van der Waals surface area contributed by atoms with E-state index in [1.807, 2.05) is 18.2 Å². The van der Waals surface area contributed by atoms with Gasteiger partial charge >= 0.3 is 0 Å². The lowest BCUT2D eigenvalue weighted by Crippen LogP contribution is -2.34. The number of rotatable bonds is 5. The van der Waals surface area contributed by atoms with Crippen molar-refractivity contribution in [2.45, 2.75) is 18.9 Å². The number of nitrogens with zero attached hydrogens (tertiary/aromatic N) is 1. The minimum absolute atomic E-state index is 0.000103. The van der Waals surface area contributed by atoms with E-state index in [2.05, 4.69) is 0 Å². The zero-order chi connectivity index (χ0) is 13.9. The summed E-state index contributed by atoms with van der Waals surface area (Å²) < 4.78 is 10.5. The summed E-state index contributed by atoms with van der Waals surface area (Å²) in [6.07, 6.45) is 5.37. The van der Waals surface area contributed by atoms with Crippen molar-refractivity contribution >= 4 is 12.0 Å². The second-order valence-electron chi connectivity index (χ2n) is 4.93. The van der Waals surface area contributed by atoms with Crippen LogP contribution in [-0.4, -0.2) is 41.9 Å². The fraction of sp³-hybridized carbons (Fsp3) is 0.400. The quantitative estimate of drug-likeness (QED) is 0.825. The molecule has 1 fully saturated rings. The van der Waals surface area contributed by atoms with Gasteiger partial charge in [0, 0.05) is 18.7 Å². The van der Waals surface area contributed by atoms with Crippen molar-refractivity contribution in [1.29, 1.82) is 0 Å². The number of aliphatic hydroxyl groups excluding tert-OH is 1. The van der Waals surface area contributed by atoms with Crippen LogP contribution in [0.5, 0.6) is 11.5 Å². The minimum Gasteiger partial charge on any atom is -0.454 e. The molecular weight excluding hydrogens is 258 g/mol. The molecule has 2 aliphatic rings. The highest BCUT2D eigenvalue weighted by molar-refractivity contribution is 5.92. The van der Waals surface area contributed by atoms with Gasteiger partial charge < -0.3 is 19.5 Å². The molecule has 0 atom stereocenters. The molecule has 106 valence electrons. The molecule has 20 heavy (non-hydrogen) atoms. The van der Waals surface area contributed by atoms with E-state index in [9.17, 15) is 4.79 Å². The van der Waals surface area contributed by atoms with Gasteiger partial charge in [0.1, 0.15) is 0 Å². The molecule has 5 nitrogen and oxygen atoms in total. The number of aliphatic hydroxyl groups is 1. The molecule has 0 aromatic heterocycles. The summed E-state index contributed by atoms with van der Waals surface area (Å²) in [7, 11) is 0. The summed E-state index contributed by atoms with van der Waals surface area (Å²) in [4.78, 5) is 13.8. The van der Waals surface area contributed by atoms with E-state index in [-0.39, 0.29) is 19.3 Å². The van der Waals surface area contributed by atoms with E-state index in [0.29, 0.717) is 18.3 Å². The Morgan fingerprint density at radius 1 is 1.35 bits per heavy atom. The largest absolute Gasteiger partial charge is 0.454 e. The van der Waals surface area contributed by atoms with Crippen LogP contribution in [0.3, 0.4) is 0 Å². The van der Waals surface area contributed by atoms with Gasteiger partial charge in [-0.15, -0.1) is 0 Å². The molecule has 1 aromatic carbocycles. The van der Waals surface area contributed by atoms with Crippen LogP contribution in [0, 0.1) is 0 Å². The van der Waals surface area contributed by atoms with Crippen LogP contribution in [0.4, 0.5) is 0 Å². The molecule has 1 N–H and O–H groups in total. The second kappa shape index (κ2) is 5.54. The third-order valence-electron chi connectivity index (χ3n) is 3.43. The average Bonchev–Trinajstić information content (AvgIpc) is 3.19. The Morgan fingerprint density at radius 2 is 2.15 bits per heavy atom. The highest BCUT2D eigenvalue weighted by Gasteiger charge is 2.30. The lowest BCUT2D eigenvalue weighted by Gasteiger charge is -2.19. The molecule has 1 amide bonds. The van der Waals surface area contributed by atoms with Crippen molar-refractivity contribution in [1.82, 2.24) is 4.90 Å². The molecular formula is C15H17NO4. The number of ether oxygens (including phenoxy) is 2. The van der Waals surface area contributed by atoms with Gasteiger partial charge in [0.15, 0.2) is 11.5 Å². The molecule has 0 radical (unpaired) electrons. The maximum atomic E-state index is 12.1. The van der Waals surface area contributed by atoms with Gasteiger partial charge in [0.25, 0.3) is 0 Å². The van der Waals surface area contributed by atoms with Gasteiger partial charge in [-0.25, -0.2) is 0 Å². The lowest BCUT2D eigenvalue weighted by atomic mass is 10.2. The molecule has 0 unspecified atom stereocenters. The number of fused-ring (bicyclic) bond motifs is 1. The standard InChI is InChI=1S/C15H17NO4/c17-8-7-16(12-3-4-12)15(18)6-2-11-1-5-13-14(9-11)20-10-19-13/h1-2,5-6,9,12,17H,3-4,7-8,10H2/b6-2+. The minimum atomic E-state index is -0.0563. The maximum Gasteiger partial charge on any atom is 0.246 e. The molecule has 1 aliphatic carbocycles. The summed E-state index contributed by atoms with van der Waals surface area (Å²) in [5.41, 5.74) is 0.891. The van der Waals surface area contributed by atoms with Crippen LogP contribution in [0.2, 0.25) is 0 Å². The highest BCUT2D eigenvalue weighted by atomic mass is 16.7. The van der Waals surface area contributed by atoms with Crippen LogP contribution in [-0.2, 0) is 4.79 Å². The summed E-state index contributed by atoms with van der Waals surface area (Å²) in [5.74, 6) is 1.38. The predicted octanol–water partition coefficient (Wildman–Crippen LogP) is 1.41. The van der Waals surface area contributed by atoms with E-state index in [1.165, 1.54) is 0 Å². The van der Waals surface area contributed by atoms with Crippen LogP contribution in [0.1, 0.15) is 18.4 Å². The van der Waals surface area contributed by atoms with Crippen molar-refractivity contribution in [2.24, 2.45) is 0 Å². The van der Waals surface area contributed by atoms with Gasteiger partial charge in [0.2, 0.25) is 12.7 Å². The molecule has 1 saturated carbocycles. The molecule has 1 aromatic rings. The summed E-state index contributed by atoms with van der Waals surface area (Å²) in [6.45, 7) is 0.641. The first-order chi connectivity index (χ1) is 9.78. The molecule has 0 bridgehead atoms. The van der Waals surface area contributed by atoms with Crippen LogP contribution in [0.25, 0.3) is 6.08 Å². The fourth-order valence-electron chi connectivity index (χ4n) is 2.25. The van der Waals surface area contributed by atoms with Gasteiger partial charge in [-0.3, -0.25) is 4.79 Å². The summed E-state index contributed by atoms with van der Waals surface area (Å²) >= 11 is 0. The fourth-order valence-corrected chi connectivity index (χ4v) is 2.25. The lowest BCUT2D eigenvalue weighted by molar-refractivity contribution is -0.127. The number of amides is 1. The van der Waals surface area contributed by atoms with Crippen LogP contribution in [0.15, 0.2) is 24.3 Å². The number of hydrogen-bond donors (Lipinski definition) is 1. The Balaban J connectivity index is 1.68. The third-order valence-corrected chi connectivity index (χ3v) is 3.43. The Kier molecular flexibility index (Phi) is 3.60. The van der Waals surface area contributed by atoms with Crippen molar-refractivity contribution in [3.05, 3.63) is 29.8 Å². The SMILES string of the molecule is O=C(/C=C/c1ccc2c(c1)OCO2)N(CCO)C1CC1. The van der Waals surface area contributed by atoms with E-state index >= 15 is 0 Å². The molecule has 3 rings (SSSR count). The maximum absolute atomic E-state index is 12.1. The molecule has 1 heterocycles. The zero-order valence-corrected chi connectivity index (χ0v) is 11.1. The van der Waals surface area contributed by atoms with Gasteiger partial charge in [-0.2, -0.15) is 0 Å². The third kappa shape index (κ3) is 2.77. The van der Waals surface area contributed by atoms with Crippen LogP contribution >= 0.6 is 0 Å². The van der Waals surface area contributed by atoms with Gasteiger partial charge in [-0.05, 0) is 36.6 Å². The molecule has 0 spiro atoms. The number of hydrogen-bond acceptors (Lipinski definition) is 4. The average molecular weight is 275 g/mol. The number of benzene rings is 1. The van der Waals surface area contributed by atoms with Crippen molar-refractivity contribution in [3.63, 3.8) is 0 Å². The molecule has 1 aliphatic heterocycles. The Labute approximate surface area is 117 Å². The number of carbonyl (C=O) groups excluding carboxylic acids is 1. The summed E-state index contributed by atoms with van der Waals surface area (Å²) in [6, 6.07) is 5.86. The Morgan fingerprint density at radius 3 is 2.90 bits per heavy atom. The first-order valence-corrected chi connectivity index (χ1v) is 6.77. The molecule has 0 saturated heterocycles. The first kappa shape index (κ1) is 13.0. The van der Waals surface area contributed by atoms with E-state index in [4.69, 9.17) is 14.6 Å². The van der Waals surface area contributed by atoms with Crippen molar-refractivity contribution < 1.29 is 19.4 Å². The smallest absolute Gasteiger partial charge is 0.246 e. The topological polar surface area (TPSA) is 59.0 Å². The van der Waals surface area contributed by atoms with Crippen molar-refractivity contribution in [2.75, 3.05) is 19.9 Å². The number of carbonyl (C=O) groups is 1. The first-order valence-electron chi connectivity index (χ1n) is 6.77. The highest BCUT2D eigenvalue weighted by Crippen LogP contribution is 2.33. The second-order valence-corrected chi connectivity index (χ2v) is 4.93. The van der Waals surface area contributed by atoms with Crippen LogP contribution < -0.4 is 9.47 Å². The Bertz CT molecular complexity index is 537. The van der Waals surface area contributed by atoms with E-state index in [0.717, 1.165) is 24.2 Å². The van der Waals surface area contributed by atoms with Gasteiger partial charge in [0.05, 0.1) is 6.61 Å². The van der Waals surface area contributed by atoms with E-state index < -0.39 is 0 Å². The van der Waals surface area contributed by atoms with Gasteiger partial charge in [-0.1, -0.05) is 6.07 Å². The molecule has 5 heteroatoms.